The Morgan fingerprint density at radius 3 is 1.47 bits per heavy atom. The van der Waals surface area contributed by atoms with Gasteiger partial charge in [-0.05, 0) is 141 Å². The van der Waals surface area contributed by atoms with Gasteiger partial charge in [-0.2, -0.15) is 0 Å². The summed E-state index contributed by atoms with van der Waals surface area (Å²) in [7, 11) is 0. The van der Waals surface area contributed by atoms with Gasteiger partial charge in [0.05, 0.1) is 0 Å². The Balaban J connectivity index is 0.931. The van der Waals surface area contributed by atoms with Crippen LogP contribution in [0.3, 0.4) is 0 Å². The van der Waals surface area contributed by atoms with Gasteiger partial charge in [-0.15, -0.1) is 0 Å². The Morgan fingerprint density at radius 1 is 0.339 bits per heavy atom. The fourth-order valence-electron chi connectivity index (χ4n) is 9.10. The van der Waals surface area contributed by atoms with Crippen molar-refractivity contribution < 1.29 is 0 Å². The van der Waals surface area contributed by atoms with Crippen molar-refractivity contribution in [3.63, 3.8) is 0 Å². The van der Waals surface area contributed by atoms with Gasteiger partial charge in [-0.3, -0.25) is 0 Å². The molecule has 0 saturated carbocycles. The molecule has 2 aliphatic rings. The van der Waals surface area contributed by atoms with Crippen LogP contribution >= 0.6 is 0 Å². The number of para-hydroxylation sites is 2. The van der Waals surface area contributed by atoms with Gasteiger partial charge in [0.1, 0.15) is 0 Å². The molecule has 0 unspecified atom stereocenters. The lowest BCUT2D eigenvalue weighted by molar-refractivity contribution is 0.660. The minimum atomic E-state index is -0.0555. The smallest absolute Gasteiger partial charge is 0.0462 e. The Bertz CT molecular complexity index is 2820. The van der Waals surface area contributed by atoms with Gasteiger partial charge in [-0.1, -0.05) is 159 Å². The molecule has 0 saturated heterocycles. The van der Waals surface area contributed by atoms with Crippen LogP contribution in [0.25, 0.3) is 39.0 Å². The lowest BCUT2D eigenvalue weighted by Gasteiger charge is -2.31. The van der Waals surface area contributed by atoms with Crippen LogP contribution in [0.4, 0.5) is 28.4 Å². The molecule has 0 aromatic heterocycles. The number of nitrogens with zero attached hydrogens (tertiary/aromatic N) is 2. The van der Waals surface area contributed by atoms with Crippen LogP contribution in [0.15, 0.2) is 224 Å². The molecule has 0 radical (unpaired) electrons. The summed E-state index contributed by atoms with van der Waals surface area (Å²) >= 11 is 0. The number of hydrogen-bond acceptors (Lipinski definition) is 2. The predicted molar refractivity (Wildman–Crippen MR) is 250 cm³/mol. The average molecular weight is 759 g/mol. The highest BCUT2D eigenvalue weighted by atomic mass is 15.2. The zero-order valence-corrected chi connectivity index (χ0v) is 33.6. The van der Waals surface area contributed by atoms with Gasteiger partial charge in [0.25, 0.3) is 0 Å². The van der Waals surface area contributed by atoms with E-state index in [1.165, 1.54) is 72.7 Å². The zero-order chi connectivity index (χ0) is 39.8. The fraction of sp³-hybridized carbons (Fsp3) is 0.0877. The lowest BCUT2D eigenvalue weighted by atomic mass is 9.82. The topological polar surface area (TPSA) is 6.48 Å². The number of fused-ring (bicyclic) bond motifs is 3. The van der Waals surface area contributed by atoms with Crippen molar-refractivity contribution >= 4 is 34.0 Å². The van der Waals surface area contributed by atoms with Gasteiger partial charge < -0.3 is 9.80 Å². The first-order valence-electron chi connectivity index (χ1n) is 20.7. The van der Waals surface area contributed by atoms with Gasteiger partial charge in [0, 0.05) is 39.5 Å². The molecular formula is C57H46N2. The maximum Gasteiger partial charge on any atom is 0.0462 e. The molecule has 2 aliphatic carbocycles. The van der Waals surface area contributed by atoms with Gasteiger partial charge in [0.2, 0.25) is 0 Å². The van der Waals surface area contributed by atoms with Crippen LogP contribution in [-0.4, -0.2) is 0 Å². The monoisotopic (exact) mass is 758 g/mol. The SMILES string of the molecule is CC1(C)c2ccccc2-c2ccc(N(C3=CC=C(c4cccc(-c5ccc(N(c6ccccc6)c6ccc(-c7ccccc7)cc6)cc5)c4)CC3)c3ccccc3)cc21. The largest absolute Gasteiger partial charge is 0.314 e. The first-order chi connectivity index (χ1) is 29.0. The summed E-state index contributed by atoms with van der Waals surface area (Å²) in [5, 5.41) is 0. The van der Waals surface area contributed by atoms with Crippen molar-refractivity contribution in [3.8, 4) is 33.4 Å². The van der Waals surface area contributed by atoms with Crippen molar-refractivity contribution in [1.82, 2.24) is 0 Å². The van der Waals surface area contributed by atoms with E-state index in [-0.39, 0.29) is 5.41 Å². The second kappa shape index (κ2) is 15.3. The van der Waals surface area contributed by atoms with Crippen molar-refractivity contribution in [3.05, 3.63) is 241 Å². The van der Waals surface area contributed by atoms with E-state index >= 15 is 0 Å². The maximum atomic E-state index is 2.46. The van der Waals surface area contributed by atoms with Crippen LogP contribution < -0.4 is 9.80 Å². The molecule has 0 N–H and O–H groups in total. The summed E-state index contributed by atoms with van der Waals surface area (Å²) in [6, 6.07) is 74.8. The predicted octanol–water partition coefficient (Wildman–Crippen LogP) is 15.7. The molecule has 0 aliphatic heterocycles. The molecule has 0 atom stereocenters. The summed E-state index contributed by atoms with van der Waals surface area (Å²) in [5.41, 5.74) is 20.0. The van der Waals surface area contributed by atoms with Gasteiger partial charge in [0.15, 0.2) is 0 Å². The van der Waals surface area contributed by atoms with Gasteiger partial charge in [-0.25, -0.2) is 0 Å². The molecule has 0 spiro atoms. The molecule has 0 amide bonds. The molecule has 0 fully saturated rings. The lowest BCUT2D eigenvalue weighted by Crippen LogP contribution is -2.20. The molecule has 59 heavy (non-hydrogen) atoms. The van der Waals surface area contributed by atoms with Crippen LogP contribution in [0, 0.1) is 0 Å². The quantitative estimate of drug-likeness (QED) is 0.145. The maximum absolute atomic E-state index is 2.46. The Hall–Kier alpha value is -7.16. The number of benzene rings is 8. The van der Waals surface area contributed by atoms with Crippen LogP contribution in [0.1, 0.15) is 43.4 Å². The number of hydrogen-bond donors (Lipinski definition) is 0. The summed E-state index contributed by atoms with van der Waals surface area (Å²) in [4.78, 5) is 4.79. The second-order valence-electron chi connectivity index (χ2n) is 16.1. The highest BCUT2D eigenvalue weighted by Gasteiger charge is 2.36. The summed E-state index contributed by atoms with van der Waals surface area (Å²) in [6.07, 6.45) is 6.59. The Kier molecular flexibility index (Phi) is 9.39. The Morgan fingerprint density at radius 2 is 0.831 bits per heavy atom. The molecule has 8 aromatic rings. The molecule has 0 heterocycles. The normalized spacial score (nSPS) is 13.8. The third-order valence-corrected chi connectivity index (χ3v) is 12.2. The van der Waals surface area contributed by atoms with Crippen LogP contribution in [-0.2, 0) is 5.41 Å². The number of anilines is 5. The second-order valence-corrected chi connectivity index (χ2v) is 16.1. The molecule has 10 rings (SSSR count). The van der Waals surface area contributed by atoms with Crippen molar-refractivity contribution in [2.24, 2.45) is 0 Å². The standard InChI is InChI=1S/C57H46N2/c1-57(2)55-24-13-12-23-53(55)54-38-37-52(40-56(54)57)59(48-21-10-5-11-22-48)51-35-29-44(30-36-51)46-18-14-17-45(39-46)43-27-33-50(34-28-43)58(47-19-8-4-9-20-47)49-31-25-42(26-32-49)41-15-6-3-7-16-41/h3-29,31-35,37-40H,30,36H2,1-2H3. The van der Waals surface area contributed by atoms with E-state index in [2.05, 4.69) is 242 Å². The first-order valence-corrected chi connectivity index (χ1v) is 20.7. The van der Waals surface area contributed by atoms with E-state index < -0.39 is 0 Å². The summed E-state index contributed by atoms with van der Waals surface area (Å²) in [5.74, 6) is 0. The van der Waals surface area contributed by atoms with E-state index in [9.17, 15) is 0 Å². The first kappa shape index (κ1) is 36.2. The zero-order valence-electron chi connectivity index (χ0n) is 33.6. The number of rotatable bonds is 9. The fourth-order valence-corrected chi connectivity index (χ4v) is 9.10. The van der Waals surface area contributed by atoms with E-state index in [1.807, 2.05) is 0 Å². The van der Waals surface area contributed by atoms with Crippen LogP contribution in [0.5, 0.6) is 0 Å². The van der Waals surface area contributed by atoms with E-state index in [0.717, 1.165) is 29.9 Å². The number of allylic oxidation sites excluding steroid dienone is 4. The van der Waals surface area contributed by atoms with E-state index in [0.29, 0.717) is 0 Å². The van der Waals surface area contributed by atoms with E-state index in [4.69, 9.17) is 0 Å². The van der Waals surface area contributed by atoms with Crippen molar-refractivity contribution in [1.29, 1.82) is 0 Å². The Labute approximate surface area is 348 Å². The molecule has 284 valence electrons. The highest BCUT2D eigenvalue weighted by Crippen LogP contribution is 2.50. The van der Waals surface area contributed by atoms with Crippen molar-refractivity contribution in [2.75, 3.05) is 9.80 Å². The average Bonchev–Trinajstić information content (AvgIpc) is 3.53. The molecule has 0 bridgehead atoms. The third kappa shape index (κ3) is 6.87. The van der Waals surface area contributed by atoms with E-state index in [1.54, 1.807) is 0 Å². The molecule has 8 aromatic carbocycles. The minimum Gasteiger partial charge on any atom is -0.314 e. The summed E-state index contributed by atoms with van der Waals surface area (Å²) in [6.45, 7) is 4.72. The molecular weight excluding hydrogens is 713 g/mol. The molecule has 2 heteroatoms. The van der Waals surface area contributed by atoms with Crippen LogP contribution in [0.2, 0.25) is 0 Å². The minimum absolute atomic E-state index is 0.0555. The highest BCUT2D eigenvalue weighted by molar-refractivity contribution is 5.85. The summed E-state index contributed by atoms with van der Waals surface area (Å²) < 4.78 is 0. The van der Waals surface area contributed by atoms with Gasteiger partial charge >= 0.3 is 0 Å². The molecule has 2 nitrogen and oxygen atoms in total. The van der Waals surface area contributed by atoms with Crippen molar-refractivity contribution in [2.45, 2.75) is 32.1 Å². The third-order valence-electron chi connectivity index (χ3n) is 12.2.